The topological polar surface area (TPSA) is 43.1 Å². The first-order valence-corrected chi connectivity index (χ1v) is 8.92. The van der Waals surface area contributed by atoms with Crippen molar-refractivity contribution in [1.82, 2.24) is 19.6 Å². The molecule has 2 aromatic heterocycles. The van der Waals surface area contributed by atoms with Crippen LogP contribution in [-0.2, 0) is 0 Å². The van der Waals surface area contributed by atoms with Crippen LogP contribution >= 0.6 is 0 Å². The van der Waals surface area contributed by atoms with E-state index in [1.807, 2.05) is 66.9 Å². The van der Waals surface area contributed by atoms with Gasteiger partial charge in [-0.3, -0.25) is 0 Å². The standard InChI is InChI=1S/C23H15FN4/c24-19-13-11-16(12-14-19)20-15-28-23(25-20)26-21(17-7-3-1-4-8-17)22(27-28)18-9-5-2-6-10-18/h1-15H. The fourth-order valence-corrected chi connectivity index (χ4v) is 3.17. The Bertz CT molecular complexity index is 1170. The van der Waals surface area contributed by atoms with Crippen LogP contribution in [0.4, 0.5) is 4.39 Å². The van der Waals surface area contributed by atoms with Gasteiger partial charge in [0.05, 0.1) is 11.9 Å². The molecule has 0 unspecified atom stereocenters. The number of rotatable bonds is 3. The molecule has 134 valence electrons. The van der Waals surface area contributed by atoms with Crippen LogP contribution in [-0.4, -0.2) is 19.6 Å². The highest BCUT2D eigenvalue weighted by Gasteiger charge is 2.15. The number of fused-ring (bicyclic) bond motifs is 1. The van der Waals surface area contributed by atoms with Crippen molar-refractivity contribution in [3.63, 3.8) is 0 Å². The number of benzene rings is 3. The lowest BCUT2D eigenvalue weighted by Gasteiger charge is -2.08. The second-order valence-electron chi connectivity index (χ2n) is 6.42. The molecule has 0 radical (unpaired) electrons. The van der Waals surface area contributed by atoms with Gasteiger partial charge in [0, 0.05) is 16.7 Å². The minimum atomic E-state index is -0.276. The SMILES string of the molecule is Fc1ccc(-c2cn3nc(-c4ccccc4)c(-c4ccccc4)nc3n2)cc1. The monoisotopic (exact) mass is 366 g/mol. The van der Waals surface area contributed by atoms with Crippen molar-refractivity contribution in [1.29, 1.82) is 0 Å². The minimum Gasteiger partial charge on any atom is -0.209 e. The molecule has 0 fully saturated rings. The summed E-state index contributed by atoms with van der Waals surface area (Å²) in [5.41, 5.74) is 5.02. The molecule has 0 bridgehead atoms. The van der Waals surface area contributed by atoms with Gasteiger partial charge >= 0.3 is 0 Å². The Kier molecular flexibility index (Phi) is 3.91. The number of nitrogens with zero attached hydrogens (tertiary/aromatic N) is 4. The van der Waals surface area contributed by atoms with Crippen LogP contribution in [0.2, 0.25) is 0 Å². The summed E-state index contributed by atoms with van der Waals surface area (Å²) in [4.78, 5) is 9.40. The second-order valence-corrected chi connectivity index (χ2v) is 6.42. The van der Waals surface area contributed by atoms with Crippen LogP contribution in [0.5, 0.6) is 0 Å². The van der Waals surface area contributed by atoms with E-state index < -0.39 is 0 Å². The van der Waals surface area contributed by atoms with Crippen molar-refractivity contribution in [3.8, 4) is 33.8 Å². The molecule has 0 aliphatic rings. The Hall–Kier alpha value is -3.86. The van der Waals surface area contributed by atoms with E-state index in [4.69, 9.17) is 10.1 Å². The van der Waals surface area contributed by atoms with Crippen molar-refractivity contribution < 1.29 is 4.39 Å². The molecule has 0 spiro atoms. The zero-order valence-corrected chi connectivity index (χ0v) is 14.8. The number of hydrogen-bond donors (Lipinski definition) is 0. The second kappa shape index (κ2) is 6.70. The first-order valence-electron chi connectivity index (χ1n) is 8.92. The summed E-state index contributed by atoms with van der Waals surface area (Å²) in [5, 5.41) is 4.80. The van der Waals surface area contributed by atoms with Gasteiger partial charge in [-0.05, 0) is 24.3 Å². The first-order chi connectivity index (χ1) is 13.8. The Morgan fingerprint density at radius 3 is 1.86 bits per heavy atom. The van der Waals surface area contributed by atoms with E-state index >= 15 is 0 Å². The van der Waals surface area contributed by atoms with E-state index in [9.17, 15) is 4.39 Å². The number of imidazole rings is 1. The van der Waals surface area contributed by atoms with Crippen LogP contribution in [0.3, 0.4) is 0 Å². The van der Waals surface area contributed by atoms with Crippen LogP contribution in [0.15, 0.2) is 91.1 Å². The third-order valence-corrected chi connectivity index (χ3v) is 4.55. The van der Waals surface area contributed by atoms with Gasteiger partial charge < -0.3 is 0 Å². The first kappa shape index (κ1) is 16.3. The maximum atomic E-state index is 13.2. The van der Waals surface area contributed by atoms with Gasteiger partial charge in [-0.1, -0.05) is 60.7 Å². The quantitative estimate of drug-likeness (QED) is 0.437. The molecular formula is C23H15FN4. The average molecular weight is 366 g/mol. The van der Waals surface area contributed by atoms with E-state index in [2.05, 4.69) is 4.98 Å². The van der Waals surface area contributed by atoms with Crippen molar-refractivity contribution in [2.75, 3.05) is 0 Å². The molecule has 28 heavy (non-hydrogen) atoms. The molecule has 0 saturated carbocycles. The van der Waals surface area contributed by atoms with Crippen LogP contribution < -0.4 is 0 Å². The van der Waals surface area contributed by atoms with Crippen molar-refractivity contribution in [2.24, 2.45) is 0 Å². The highest BCUT2D eigenvalue weighted by Crippen LogP contribution is 2.29. The van der Waals surface area contributed by atoms with E-state index in [1.54, 1.807) is 16.6 Å². The van der Waals surface area contributed by atoms with Gasteiger partial charge in [0.1, 0.15) is 17.2 Å². The van der Waals surface area contributed by atoms with Gasteiger partial charge in [-0.25, -0.2) is 18.9 Å². The third-order valence-electron chi connectivity index (χ3n) is 4.55. The average Bonchev–Trinajstić information content (AvgIpc) is 3.18. The summed E-state index contributed by atoms with van der Waals surface area (Å²) in [6.07, 6.45) is 1.82. The number of aromatic nitrogens is 4. The molecule has 0 aliphatic heterocycles. The molecule has 5 aromatic rings. The Labute approximate surface area is 161 Å². The maximum Gasteiger partial charge on any atom is 0.251 e. The smallest absolute Gasteiger partial charge is 0.209 e. The molecule has 0 N–H and O–H groups in total. The zero-order chi connectivity index (χ0) is 18.9. The van der Waals surface area contributed by atoms with Gasteiger partial charge in [0.25, 0.3) is 5.78 Å². The molecule has 0 amide bonds. The molecule has 2 heterocycles. The minimum absolute atomic E-state index is 0.276. The number of hydrogen-bond acceptors (Lipinski definition) is 3. The van der Waals surface area contributed by atoms with E-state index in [0.717, 1.165) is 28.1 Å². The summed E-state index contributed by atoms with van der Waals surface area (Å²) < 4.78 is 14.9. The van der Waals surface area contributed by atoms with Crippen LogP contribution in [0.1, 0.15) is 0 Å². The predicted octanol–water partition coefficient (Wildman–Crippen LogP) is 5.26. The molecule has 0 saturated heterocycles. The maximum absolute atomic E-state index is 13.2. The highest BCUT2D eigenvalue weighted by molar-refractivity contribution is 5.78. The van der Waals surface area contributed by atoms with Crippen molar-refractivity contribution in [3.05, 3.63) is 96.9 Å². The third kappa shape index (κ3) is 2.93. The van der Waals surface area contributed by atoms with Gasteiger partial charge in [-0.2, -0.15) is 5.10 Å². The molecule has 5 rings (SSSR count). The summed E-state index contributed by atoms with van der Waals surface area (Å²) in [5.74, 6) is 0.222. The molecule has 0 aliphatic carbocycles. The van der Waals surface area contributed by atoms with Crippen molar-refractivity contribution in [2.45, 2.75) is 0 Å². The van der Waals surface area contributed by atoms with Crippen LogP contribution in [0.25, 0.3) is 39.5 Å². The lowest BCUT2D eigenvalue weighted by atomic mass is 10.0. The Morgan fingerprint density at radius 1 is 0.607 bits per heavy atom. The van der Waals surface area contributed by atoms with Crippen LogP contribution in [0, 0.1) is 5.82 Å². The summed E-state index contributed by atoms with van der Waals surface area (Å²) in [6.45, 7) is 0. The predicted molar refractivity (Wildman–Crippen MR) is 107 cm³/mol. The van der Waals surface area contributed by atoms with E-state index in [-0.39, 0.29) is 5.82 Å². The Morgan fingerprint density at radius 2 is 1.21 bits per heavy atom. The van der Waals surface area contributed by atoms with Crippen molar-refractivity contribution >= 4 is 5.78 Å². The highest BCUT2D eigenvalue weighted by atomic mass is 19.1. The molecule has 0 atom stereocenters. The number of halogens is 1. The van der Waals surface area contributed by atoms with Gasteiger partial charge in [0.15, 0.2) is 0 Å². The van der Waals surface area contributed by atoms with E-state index in [0.29, 0.717) is 11.5 Å². The Balaban J connectivity index is 1.73. The molecule has 4 nitrogen and oxygen atoms in total. The normalized spacial score (nSPS) is 11.0. The van der Waals surface area contributed by atoms with E-state index in [1.165, 1.54) is 12.1 Å². The zero-order valence-electron chi connectivity index (χ0n) is 14.8. The summed E-state index contributed by atoms with van der Waals surface area (Å²) in [7, 11) is 0. The molecule has 5 heteroatoms. The van der Waals surface area contributed by atoms with Gasteiger partial charge in [-0.15, -0.1) is 0 Å². The largest absolute Gasteiger partial charge is 0.251 e. The summed E-state index contributed by atoms with van der Waals surface area (Å²) in [6, 6.07) is 26.2. The fourth-order valence-electron chi connectivity index (χ4n) is 3.17. The van der Waals surface area contributed by atoms with Gasteiger partial charge in [0.2, 0.25) is 0 Å². The lowest BCUT2D eigenvalue weighted by molar-refractivity contribution is 0.628. The molecule has 3 aromatic carbocycles. The summed E-state index contributed by atoms with van der Waals surface area (Å²) >= 11 is 0. The lowest BCUT2D eigenvalue weighted by Crippen LogP contribution is -2.00. The molecular weight excluding hydrogens is 351 g/mol. The fraction of sp³-hybridized carbons (Fsp3) is 0.